The van der Waals surface area contributed by atoms with Crippen molar-refractivity contribution in [1.82, 2.24) is 19.7 Å². The van der Waals surface area contributed by atoms with Gasteiger partial charge < -0.3 is 10.6 Å². The van der Waals surface area contributed by atoms with Gasteiger partial charge in [-0.05, 0) is 46.1 Å². The van der Waals surface area contributed by atoms with E-state index in [4.69, 9.17) is 18.0 Å². The molecule has 1 aromatic rings. The minimum atomic E-state index is 0.465. The molecule has 0 radical (unpaired) electrons. The first-order valence-corrected chi connectivity index (χ1v) is 5.54. The second-order valence-corrected chi connectivity index (χ2v) is 4.35. The van der Waals surface area contributed by atoms with E-state index >= 15 is 0 Å². The molecule has 0 aliphatic rings. The third-order valence-electron chi connectivity index (χ3n) is 2.56. The molecule has 86 valence electrons. The fourth-order valence-electron chi connectivity index (χ4n) is 1.28. The predicted molar refractivity (Wildman–Crippen MR) is 64.2 cm³/mol. The highest BCUT2D eigenvalue weighted by molar-refractivity contribution is 7.71. The second kappa shape index (κ2) is 5.27. The van der Waals surface area contributed by atoms with Gasteiger partial charge in [-0.1, -0.05) is 0 Å². The lowest BCUT2D eigenvalue weighted by atomic mass is 10.3. The fraction of sp³-hybridized carbons (Fsp3) is 0.778. The Balaban J connectivity index is 2.42. The van der Waals surface area contributed by atoms with Gasteiger partial charge in [0.2, 0.25) is 5.95 Å². The van der Waals surface area contributed by atoms with Crippen molar-refractivity contribution in [3.05, 3.63) is 4.77 Å². The number of nitrogens with one attached hydrogen (secondary N) is 1. The third-order valence-corrected chi connectivity index (χ3v) is 2.87. The van der Waals surface area contributed by atoms with Gasteiger partial charge in [0.05, 0.1) is 0 Å². The van der Waals surface area contributed by atoms with E-state index in [9.17, 15) is 0 Å². The lowest BCUT2D eigenvalue weighted by molar-refractivity contribution is 0.265. The van der Waals surface area contributed by atoms with E-state index in [1.807, 2.05) is 4.57 Å². The number of aromatic nitrogens is 3. The van der Waals surface area contributed by atoms with E-state index in [1.54, 1.807) is 0 Å². The van der Waals surface area contributed by atoms with Crippen molar-refractivity contribution in [3.8, 4) is 0 Å². The van der Waals surface area contributed by atoms with Gasteiger partial charge >= 0.3 is 0 Å². The third kappa shape index (κ3) is 3.32. The Morgan fingerprint density at radius 2 is 2.27 bits per heavy atom. The van der Waals surface area contributed by atoms with Crippen LogP contribution in [0.3, 0.4) is 0 Å². The smallest absolute Gasteiger partial charge is 0.220 e. The summed E-state index contributed by atoms with van der Waals surface area (Å²) in [5, 5.41) is 6.53. The molecule has 0 saturated carbocycles. The zero-order valence-corrected chi connectivity index (χ0v) is 10.3. The van der Waals surface area contributed by atoms with Crippen molar-refractivity contribution < 1.29 is 0 Å². The Labute approximate surface area is 95.3 Å². The number of anilines is 1. The van der Waals surface area contributed by atoms with Crippen molar-refractivity contribution in [1.29, 1.82) is 0 Å². The van der Waals surface area contributed by atoms with Crippen molar-refractivity contribution >= 4 is 18.2 Å². The molecule has 3 N–H and O–H groups in total. The van der Waals surface area contributed by atoms with Crippen molar-refractivity contribution in [2.45, 2.75) is 32.9 Å². The Morgan fingerprint density at radius 3 is 2.73 bits per heavy atom. The van der Waals surface area contributed by atoms with E-state index < -0.39 is 0 Å². The molecule has 0 unspecified atom stereocenters. The lowest BCUT2D eigenvalue weighted by Crippen LogP contribution is -2.28. The molecule has 1 rings (SSSR count). The first-order valence-electron chi connectivity index (χ1n) is 5.13. The quantitative estimate of drug-likeness (QED) is 0.746. The van der Waals surface area contributed by atoms with E-state index in [-0.39, 0.29) is 0 Å². The maximum atomic E-state index is 5.66. The minimum absolute atomic E-state index is 0.465. The molecule has 0 spiro atoms. The summed E-state index contributed by atoms with van der Waals surface area (Å²) < 4.78 is 2.42. The zero-order chi connectivity index (χ0) is 11.4. The molecule has 0 bridgehead atoms. The molecule has 0 saturated heterocycles. The van der Waals surface area contributed by atoms with Crippen LogP contribution in [0.1, 0.15) is 20.3 Å². The number of aromatic amines is 1. The zero-order valence-electron chi connectivity index (χ0n) is 9.53. The van der Waals surface area contributed by atoms with Crippen LogP contribution < -0.4 is 5.73 Å². The Morgan fingerprint density at radius 1 is 1.60 bits per heavy atom. The molecule has 0 amide bonds. The van der Waals surface area contributed by atoms with Gasteiger partial charge in [-0.15, -0.1) is 5.10 Å². The summed E-state index contributed by atoms with van der Waals surface area (Å²) in [5.41, 5.74) is 5.66. The van der Waals surface area contributed by atoms with Crippen LogP contribution in [0.5, 0.6) is 0 Å². The number of H-pyrrole nitrogens is 1. The fourth-order valence-corrected chi connectivity index (χ4v) is 1.51. The monoisotopic (exact) mass is 229 g/mol. The summed E-state index contributed by atoms with van der Waals surface area (Å²) >= 11 is 5.05. The largest absolute Gasteiger partial charge is 0.368 e. The van der Waals surface area contributed by atoms with Gasteiger partial charge in [-0.3, -0.25) is 4.57 Å². The summed E-state index contributed by atoms with van der Waals surface area (Å²) in [6.45, 7) is 6.21. The summed E-state index contributed by atoms with van der Waals surface area (Å²) in [6, 6.07) is 0.569. The molecule has 1 aromatic heterocycles. The number of nitrogens with two attached hydrogens (primary N) is 1. The second-order valence-electron chi connectivity index (χ2n) is 3.97. The number of hydrogen-bond donors (Lipinski definition) is 2. The van der Waals surface area contributed by atoms with Crippen LogP contribution in [0.4, 0.5) is 5.95 Å². The van der Waals surface area contributed by atoms with Crippen LogP contribution in [-0.4, -0.2) is 39.3 Å². The summed E-state index contributed by atoms with van der Waals surface area (Å²) in [7, 11) is 2.11. The molecule has 6 heteroatoms. The highest BCUT2D eigenvalue weighted by Crippen LogP contribution is 2.02. The van der Waals surface area contributed by atoms with Gasteiger partial charge in [-0.25, -0.2) is 5.10 Å². The highest BCUT2D eigenvalue weighted by atomic mass is 32.1. The molecule has 1 heterocycles. The standard InChI is InChI=1S/C9H19N5S/c1-7(2)13(3)5-4-6-14-8(10)11-12-9(14)15/h7H,4-6H2,1-3H3,(H2,10,11)(H,12,15). The topological polar surface area (TPSA) is 62.9 Å². The lowest BCUT2D eigenvalue weighted by Gasteiger charge is -2.20. The molecular formula is C9H19N5S. The first-order chi connectivity index (χ1) is 7.02. The Kier molecular flexibility index (Phi) is 4.28. The molecule has 5 nitrogen and oxygen atoms in total. The molecule has 0 aliphatic heterocycles. The Hall–Kier alpha value is -0.880. The van der Waals surface area contributed by atoms with Gasteiger partial charge in [0.1, 0.15) is 0 Å². The normalized spacial score (nSPS) is 11.5. The summed E-state index contributed by atoms with van der Waals surface area (Å²) in [4.78, 5) is 2.29. The molecular weight excluding hydrogens is 210 g/mol. The molecule has 0 fully saturated rings. The highest BCUT2D eigenvalue weighted by Gasteiger charge is 2.04. The number of nitrogen functional groups attached to an aromatic ring is 1. The predicted octanol–water partition coefficient (Wildman–Crippen LogP) is 1.25. The van der Waals surface area contributed by atoms with E-state index in [0.29, 0.717) is 16.8 Å². The average Bonchev–Trinajstić information content (AvgIpc) is 2.48. The Bertz CT molecular complexity index is 354. The maximum Gasteiger partial charge on any atom is 0.220 e. The average molecular weight is 229 g/mol. The molecule has 0 aromatic carbocycles. The van der Waals surface area contributed by atoms with E-state index in [1.165, 1.54) is 0 Å². The van der Waals surface area contributed by atoms with Crippen LogP contribution in [0, 0.1) is 4.77 Å². The van der Waals surface area contributed by atoms with Crippen LogP contribution in [0.2, 0.25) is 0 Å². The van der Waals surface area contributed by atoms with E-state index in [2.05, 4.69) is 36.0 Å². The van der Waals surface area contributed by atoms with Crippen molar-refractivity contribution in [2.24, 2.45) is 0 Å². The minimum Gasteiger partial charge on any atom is -0.368 e. The molecule has 0 atom stereocenters. The van der Waals surface area contributed by atoms with Gasteiger partial charge in [0, 0.05) is 12.6 Å². The van der Waals surface area contributed by atoms with Crippen LogP contribution in [-0.2, 0) is 6.54 Å². The van der Waals surface area contributed by atoms with Gasteiger partial charge in [-0.2, -0.15) is 0 Å². The number of hydrogen-bond acceptors (Lipinski definition) is 4. The van der Waals surface area contributed by atoms with Crippen LogP contribution >= 0.6 is 12.2 Å². The first kappa shape index (κ1) is 12.2. The van der Waals surface area contributed by atoms with Gasteiger partial charge in [0.15, 0.2) is 4.77 Å². The SMILES string of the molecule is CC(C)N(C)CCCn1c(N)n[nH]c1=S. The number of nitrogens with zero attached hydrogens (tertiary/aromatic N) is 3. The molecule has 15 heavy (non-hydrogen) atoms. The summed E-state index contributed by atoms with van der Waals surface area (Å²) in [5.74, 6) is 0.465. The van der Waals surface area contributed by atoms with E-state index in [0.717, 1.165) is 19.5 Å². The van der Waals surface area contributed by atoms with Crippen LogP contribution in [0.25, 0.3) is 0 Å². The van der Waals surface area contributed by atoms with Crippen LogP contribution in [0.15, 0.2) is 0 Å². The van der Waals surface area contributed by atoms with Gasteiger partial charge in [0.25, 0.3) is 0 Å². The summed E-state index contributed by atoms with van der Waals surface area (Å²) in [6.07, 6.45) is 1.02. The number of rotatable bonds is 5. The molecule has 0 aliphatic carbocycles. The van der Waals surface area contributed by atoms with Crippen molar-refractivity contribution in [2.75, 3.05) is 19.3 Å². The van der Waals surface area contributed by atoms with Crippen molar-refractivity contribution in [3.63, 3.8) is 0 Å². The maximum absolute atomic E-state index is 5.66.